The zero-order valence-corrected chi connectivity index (χ0v) is 13.0. The lowest BCUT2D eigenvalue weighted by Crippen LogP contribution is -2.26. The Labute approximate surface area is 121 Å². The van der Waals surface area contributed by atoms with Gasteiger partial charge in [0.25, 0.3) is 0 Å². The van der Waals surface area contributed by atoms with E-state index in [1.165, 1.54) is 25.7 Å². The smallest absolute Gasteiger partial charge is 0.317 e. The Morgan fingerprint density at radius 1 is 1.40 bits per heavy atom. The van der Waals surface area contributed by atoms with E-state index in [0.717, 1.165) is 18.8 Å². The van der Waals surface area contributed by atoms with E-state index in [4.69, 9.17) is 9.84 Å². The van der Waals surface area contributed by atoms with E-state index in [1.807, 2.05) is 0 Å². The van der Waals surface area contributed by atoms with Gasteiger partial charge >= 0.3 is 11.9 Å². The Kier molecular flexibility index (Phi) is 6.50. The van der Waals surface area contributed by atoms with Crippen molar-refractivity contribution < 1.29 is 19.4 Å². The van der Waals surface area contributed by atoms with E-state index in [0.29, 0.717) is 17.9 Å². The molecule has 4 nitrogen and oxygen atoms in total. The number of esters is 1. The third-order valence-corrected chi connectivity index (χ3v) is 4.41. The van der Waals surface area contributed by atoms with E-state index in [1.54, 1.807) is 0 Å². The van der Waals surface area contributed by atoms with Crippen LogP contribution in [0.25, 0.3) is 0 Å². The monoisotopic (exact) mass is 284 g/mol. The van der Waals surface area contributed by atoms with Gasteiger partial charge < -0.3 is 9.84 Å². The molecule has 1 saturated carbocycles. The number of aliphatic carboxylic acids is 1. The highest BCUT2D eigenvalue weighted by molar-refractivity contribution is 5.90. The predicted molar refractivity (Wildman–Crippen MR) is 77.3 cm³/mol. The first-order valence-corrected chi connectivity index (χ1v) is 7.67. The van der Waals surface area contributed by atoms with Gasteiger partial charge in [0.1, 0.15) is 6.42 Å². The second kappa shape index (κ2) is 7.65. The van der Waals surface area contributed by atoms with Crippen molar-refractivity contribution in [2.24, 2.45) is 17.3 Å². The van der Waals surface area contributed by atoms with Crippen LogP contribution in [-0.2, 0) is 14.3 Å². The Balaban J connectivity index is 2.18. The van der Waals surface area contributed by atoms with Crippen LogP contribution in [0, 0.1) is 17.3 Å². The Hall–Kier alpha value is -1.06. The molecule has 2 unspecified atom stereocenters. The lowest BCUT2D eigenvalue weighted by atomic mass is 9.68. The predicted octanol–water partition coefficient (Wildman–Crippen LogP) is 3.64. The van der Waals surface area contributed by atoms with Gasteiger partial charge in [-0.3, -0.25) is 9.59 Å². The van der Waals surface area contributed by atoms with Crippen molar-refractivity contribution >= 4 is 11.9 Å². The van der Waals surface area contributed by atoms with Gasteiger partial charge in [0.2, 0.25) is 0 Å². The molecule has 0 amide bonds. The van der Waals surface area contributed by atoms with E-state index < -0.39 is 18.4 Å². The van der Waals surface area contributed by atoms with Gasteiger partial charge in [0.05, 0.1) is 6.61 Å². The molecule has 1 rings (SSSR count). The van der Waals surface area contributed by atoms with E-state index in [-0.39, 0.29) is 0 Å². The molecule has 0 bridgehead atoms. The lowest BCUT2D eigenvalue weighted by Gasteiger charge is -2.38. The topological polar surface area (TPSA) is 63.6 Å². The maximum absolute atomic E-state index is 11.1. The molecule has 0 heterocycles. The summed E-state index contributed by atoms with van der Waals surface area (Å²) in [7, 11) is 0. The number of rotatable bonds is 7. The standard InChI is InChI=1S/C16H28O4/c1-12(13-7-4-8-16(2,3)11-13)6-5-9-20-15(19)10-14(17)18/h12-13H,4-11H2,1-3H3,(H,17,18). The van der Waals surface area contributed by atoms with Crippen LogP contribution < -0.4 is 0 Å². The summed E-state index contributed by atoms with van der Waals surface area (Å²) in [6.45, 7) is 7.32. The molecule has 2 atom stereocenters. The molecular formula is C16H28O4. The molecule has 116 valence electrons. The maximum atomic E-state index is 11.1. The number of carboxylic acid groups (broad SMARTS) is 1. The Morgan fingerprint density at radius 3 is 2.70 bits per heavy atom. The minimum atomic E-state index is -1.13. The van der Waals surface area contributed by atoms with Crippen LogP contribution >= 0.6 is 0 Å². The maximum Gasteiger partial charge on any atom is 0.317 e. The summed E-state index contributed by atoms with van der Waals surface area (Å²) in [5.74, 6) is -0.349. The summed E-state index contributed by atoms with van der Waals surface area (Å²) in [5, 5.41) is 8.45. The Bertz CT molecular complexity index is 335. The highest BCUT2D eigenvalue weighted by atomic mass is 16.5. The van der Waals surface area contributed by atoms with Gasteiger partial charge in [-0.15, -0.1) is 0 Å². The van der Waals surface area contributed by atoms with Gasteiger partial charge in [-0.2, -0.15) is 0 Å². The normalized spacial score (nSPS) is 23.1. The zero-order chi connectivity index (χ0) is 15.2. The molecule has 1 aliphatic carbocycles. The molecule has 1 N–H and O–H groups in total. The number of carboxylic acids is 1. The van der Waals surface area contributed by atoms with Crippen LogP contribution in [-0.4, -0.2) is 23.7 Å². The number of ether oxygens (including phenoxy) is 1. The van der Waals surface area contributed by atoms with Crippen molar-refractivity contribution in [2.75, 3.05) is 6.61 Å². The first kappa shape index (κ1) is 17.0. The minimum absolute atomic E-state index is 0.340. The SMILES string of the molecule is CC(CCCOC(=O)CC(=O)O)C1CCCC(C)(C)C1. The van der Waals surface area contributed by atoms with Crippen molar-refractivity contribution in [3.05, 3.63) is 0 Å². The zero-order valence-electron chi connectivity index (χ0n) is 13.0. The number of carbonyl (C=O) groups excluding carboxylic acids is 1. The third kappa shape index (κ3) is 6.40. The van der Waals surface area contributed by atoms with E-state index in [9.17, 15) is 9.59 Å². The van der Waals surface area contributed by atoms with Gasteiger partial charge in [-0.1, -0.05) is 33.6 Å². The average Bonchev–Trinajstić information content (AvgIpc) is 2.32. The van der Waals surface area contributed by atoms with Gasteiger partial charge in [-0.05, 0) is 42.9 Å². The summed E-state index contributed by atoms with van der Waals surface area (Å²) >= 11 is 0. The lowest BCUT2D eigenvalue weighted by molar-refractivity contribution is -0.151. The van der Waals surface area contributed by atoms with Crippen LogP contribution in [0.1, 0.15) is 65.7 Å². The van der Waals surface area contributed by atoms with Gasteiger partial charge in [0, 0.05) is 0 Å². The van der Waals surface area contributed by atoms with Crippen molar-refractivity contribution in [3.8, 4) is 0 Å². The summed E-state index contributed by atoms with van der Waals surface area (Å²) < 4.78 is 4.91. The third-order valence-electron chi connectivity index (χ3n) is 4.41. The summed E-state index contributed by atoms with van der Waals surface area (Å²) in [4.78, 5) is 21.4. The van der Waals surface area contributed by atoms with Crippen molar-refractivity contribution in [1.82, 2.24) is 0 Å². The highest BCUT2D eigenvalue weighted by Gasteiger charge is 2.30. The van der Waals surface area contributed by atoms with Crippen LogP contribution in [0.5, 0.6) is 0 Å². The molecule has 4 heteroatoms. The highest BCUT2D eigenvalue weighted by Crippen LogP contribution is 2.42. The Morgan fingerprint density at radius 2 is 2.10 bits per heavy atom. The van der Waals surface area contributed by atoms with Crippen molar-refractivity contribution in [3.63, 3.8) is 0 Å². The molecule has 20 heavy (non-hydrogen) atoms. The van der Waals surface area contributed by atoms with Crippen LogP contribution in [0.2, 0.25) is 0 Å². The molecule has 0 spiro atoms. The van der Waals surface area contributed by atoms with Crippen molar-refractivity contribution in [1.29, 1.82) is 0 Å². The fraction of sp³-hybridized carbons (Fsp3) is 0.875. The first-order valence-electron chi connectivity index (χ1n) is 7.67. The molecule has 0 aromatic heterocycles. The average molecular weight is 284 g/mol. The van der Waals surface area contributed by atoms with E-state index in [2.05, 4.69) is 20.8 Å². The molecule has 1 fully saturated rings. The second-order valence-corrected chi connectivity index (χ2v) is 6.93. The summed E-state index contributed by atoms with van der Waals surface area (Å²) in [6, 6.07) is 0. The fourth-order valence-corrected chi connectivity index (χ4v) is 3.24. The quantitative estimate of drug-likeness (QED) is 0.440. The van der Waals surface area contributed by atoms with Gasteiger partial charge in [-0.25, -0.2) is 0 Å². The molecule has 0 radical (unpaired) electrons. The first-order chi connectivity index (χ1) is 9.30. The largest absolute Gasteiger partial charge is 0.481 e. The van der Waals surface area contributed by atoms with E-state index >= 15 is 0 Å². The minimum Gasteiger partial charge on any atom is -0.481 e. The van der Waals surface area contributed by atoms with Crippen molar-refractivity contribution in [2.45, 2.75) is 65.7 Å². The molecule has 1 aliphatic rings. The van der Waals surface area contributed by atoms with Crippen LogP contribution in [0.4, 0.5) is 0 Å². The molecule has 0 aromatic rings. The molecule has 0 aliphatic heterocycles. The molecular weight excluding hydrogens is 256 g/mol. The number of carbonyl (C=O) groups is 2. The number of hydrogen-bond donors (Lipinski definition) is 1. The van der Waals surface area contributed by atoms with Gasteiger partial charge in [0.15, 0.2) is 0 Å². The van der Waals surface area contributed by atoms with Crippen LogP contribution in [0.3, 0.4) is 0 Å². The number of hydrogen-bond acceptors (Lipinski definition) is 3. The van der Waals surface area contributed by atoms with Crippen LogP contribution in [0.15, 0.2) is 0 Å². The summed E-state index contributed by atoms with van der Waals surface area (Å²) in [6.07, 6.45) is 6.56. The molecule has 0 saturated heterocycles. The fourth-order valence-electron chi connectivity index (χ4n) is 3.24. The molecule has 0 aromatic carbocycles. The summed E-state index contributed by atoms with van der Waals surface area (Å²) in [5.41, 5.74) is 0.463. The second-order valence-electron chi connectivity index (χ2n) is 6.93.